The predicted molar refractivity (Wildman–Crippen MR) is 45.5 cm³/mol. The second-order valence-corrected chi connectivity index (χ2v) is 3.07. The quantitative estimate of drug-likeness (QED) is 0.695. The molecule has 0 aromatic carbocycles. The Morgan fingerprint density at radius 3 is 2.50 bits per heavy atom. The van der Waals surface area contributed by atoms with Crippen molar-refractivity contribution in [1.29, 1.82) is 0 Å². The van der Waals surface area contributed by atoms with E-state index in [1.807, 2.05) is 13.8 Å². The van der Waals surface area contributed by atoms with E-state index in [4.69, 9.17) is 9.52 Å². The number of aryl methyl sites for hydroxylation is 1. The van der Waals surface area contributed by atoms with E-state index in [1.165, 1.54) is 6.07 Å². The molecule has 1 aromatic rings. The molecule has 3 nitrogen and oxygen atoms in total. The fourth-order valence-electron chi connectivity index (χ4n) is 0.910. The first kappa shape index (κ1) is 8.84. The van der Waals surface area contributed by atoms with Gasteiger partial charge in [0.15, 0.2) is 0 Å². The third kappa shape index (κ3) is 1.49. The van der Waals surface area contributed by atoms with Crippen LogP contribution >= 0.6 is 0 Å². The maximum absolute atomic E-state index is 11.1. The van der Waals surface area contributed by atoms with Gasteiger partial charge in [-0.05, 0) is 6.92 Å². The van der Waals surface area contributed by atoms with Crippen LogP contribution in [0.5, 0.6) is 5.75 Å². The Morgan fingerprint density at radius 2 is 2.08 bits per heavy atom. The summed E-state index contributed by atoms with van der Waals surface area (Å²) in [5.74, 6) is 0.762. The summed E-state index contributed by atoms with van der Waals surface area (Å²) in [5, 5.41) is 9.11. The zero-order chi connectivity index (χ0) is 9.30. The van der Waals surface area contributed by atoms with Crippen LogP contribution in [0.15, 0.2) is 15.3 Å². The Bertz CT molecular complexity index is 336. The summed E-state index contributed by atoms with van der Waals surface area (Å²) < 4.78 is 5.20. The first-order chi connectivity index (χ1) is 5.52. The molecular weight excluding hydrogens is 156 g/mol. The minimum atomic E-state index is -0.373. The van der Waals surface area contributed by atoms with Crippen molar-refractivity contribution < 1.29 is 9.52 Å². The fourth-order valence-corrected chi connectivity index (χ4v) is 0.910. The summed E-state index contributed by atoms with van der Waals surface area (Å²) in [6.45, 7) is 5.42. The lowest BCUT2D eigenvalue weighted by Crippen LogP contribution is -2.03. The predicted octanol–water partition coefficient (Wildman–Crippen LogP) is 1.78. The van der Waals surface area contributed by atoms with Gasteiger partial charge in [0, 0.05) is 12.0 Å². The maximum Gasteiger partial charge on any atom is 0.227 e. The van der Waals surface area contributed by atoms with Crippen molar-refractivity contribution in [3.8, 4) is 5.75 Å². The SMILES string of the molecule is Cc1oc(C(C)C)cc(=O)c1O. The molecule has 0 atom stereocenters. The number of hydrogen-bond acceptors (Lipinski definition) is 3. The molecule has 1 N–H and O–H groups in total. The second-order valence-electron chi connectivity index (χ2n) is 3.07. The van der Waals surface area contributed by atoms with E-state index in [0.717, 1.165) is 0 Å². The van der Waals surface area contributed by atoms with E-state index >= 15 is 0 Å². The summed E-state index contributed by atoms with van der Waals surface area (Å²) in [4.78, 5) is 11.1. The summed E-state index contributed by atoms with van der Waals surface area (Å²) in [7, 11) is 0. The van der Waals surface area contributed by atoms with Gasteiger partial charge in [-0.3, -0.25) is 4.79 Å². The smallest absolute Gasteiger partial charge is 0.227 e. The average Bonchev–Trinajstić information content (AvgIpc) is 1.99. The highest BCUT2D eigenvalue weighted by Gasteiger charge is 2.08. The van der Waals surface area contributed by atoms with E-state index in [-0.39, 0.29) is 22.9 Å². The van der Waals surface area contributed by atoms with Gasteiger partial charge in [0.2, 0.25) is 11.2 Å². The van der Waals surface area contributed by atoms with Crippen LogP contribution in [-0.2, 0) is 0 Å². The molecule has 0 saturated heterocycles. The zero-order valence-corrected chi connectivity index (χ0v) is 7.42. The van der Waals surface area contributed by atoms with Gasteiger partial charge in [-0.15, -0.1) is 0 Å². The van der Waals surface area contributed by atoms with Crippen LogP contribution in [0.2, 0.25) is 0 Å². The van der Waals surface area contributed by atoms with Gasteiger partial charge in [-0.25, -0.2) is 0 Å². The number of rotatable bonds is 1. The van der Waals surface area contributed by atoms with Gasteiger partial charge in [0.1, 0.15) is 11.5 Å². The van der Waals surface area contributed by atoms with E-state index in [0.29, 0.717) is 5.76 Å². The summed E-state index contributed by atoms with van der Waals surface area (Å²) in [5.41, 5.74) is -0.373. The minimum absolute atomic E-state index is 0.164. The molecule has 0 fully saturated rings. The lowest BCUT2D eigenvalue weighted by atomic mass is 10.1. The molecule has 12 heavy (non-hydrogen) atoms. The van der Waals surface area contributed by atoms with Crippen LogP contribution in [0.25, 0.3) is 0 Å². The number of hydrogen-bond donors (Lipinski definition) is 1. The molecule has 0 bridgehead atoms. The molecule has 1 rings (SSSR count). The zero-order valence-electron chi connectivity index (χ0n) is 7.42. The Labute approximate surface area is 70.7 Å². The van der Waals surface area contributed by atoms with Gasteiger partial charge in [0.05, 0.1) is 0 Å². The van der Waals surface area contributed by atoms with Crippen molar-refractivity contribution >= 4 is 0 Å². The fraction of sp³-hybridized carbons (Fsp3) is 0.444. The molecule has 1 aromatic heterocycles. The monoisotopic (exact) mass is 168 g/mol. The van der Waals surface area contributed by atoms with Crippen LogP contribution in [0.1, 0.15) is 31.3 Å². The van der Waals surface area contributed by atoms with Crippen LogP contribution in [0.4, 0.5) is 0 Å². The Balaban J connectivity index is 3.31. The normalized spacial score (nSPS) is 10.7. The van der Waals surface area contributed by atoms with Crippen molar-refractivity contribution in [2.24, 2.45) is 0 Å². The molecule has 66 valence electrons. The molecule has 3 heteroatoms. The van der Waals surface area contributed by atoms with Gasteiger partial charge in [-0.1, -0.05) is 13.8 Å². The van der Waals surface area contributed by atoms with E-state index in [1.54, 1.807) is 6.92 Å². The molecule has 0 spiro atoms. The molecule has 0 radical (unpaired) electrons. The van der Waals surface area contributed by atoms with Crippen molar-refractivity contribution in [3.63, 3.8) is 0 Å². The Morgan fingerprint density at radius 1 is 1.50 bits per heavy atom. The topological polar surface area (TPSA) is 50.4 Å². The van der Waals surface area contributed by atoms with Gasteiger partial charge >= 0.3 is 0 Å². The van der Waals surface area contributed by atoms with E-state index < -0.39 is 0 Å². The van der Waals surface area contributed by atoms with Crippen LogP contribution < -0.4 is 5.43 Å². The first-order valence-electron chi connectivity index (χ1n) is 3.86. The average molecular weight is 168 g/mol. The van der Waals surface area contributed by atoms with Crippen molar-refractivity contribution in [3.05, 3.63) is 27.8 Å². The second kappa shape index (κ2) is 3.01. The summed E-state index contributed by atoms with van der Waals surface area (Å²) in [6.07, 6.45) is 0. The third-order valence-electron chi connectivity index (χ3n) is 1.68. The van der Waals surface area contributed by atoms with E-state index in [9.17, 15) is 4.79 Å². The van der Waals surface area contributed by atoms with Crippen LogP contribution in [0, 0.1) is 6.92 Å². The molecule has 0 amide bonds. The molecule has 0 aliphatic rings. The summed E-state index contributed by atoms with van der Waals surface area (Å²) in [6, 6.07) is 1.33. The highest BCUT2D eigenvalue weighted by Crippen LogP contribution is 2.17. The molecule has 0 unspecified atom stereocenters. The maximum atomic E-state index is 11.1. The van der Waals surface area contributed by atoms with Gasteiger partial charge < -0.3 is 9.52 Å². The summed E-state index contributed by atoms with van der Waals surface area (Å²) >= 11 is 0. The minimum Gasteiger partial charge on any atom is -0.502 e. The largest absolute Gasteiger partial charge is 0.502 e. The molecule has 0 aliphatic heterocycles. The molecule has 0 aliphatic carbocycles. The molecule has 0 saturated carbocycles. The van der Waals surface area contributed by atoms with Crippen LogP contribution in [0.3, 0.4) is 0 Å². The van der Waals surface area contributed by atoms with Gasteiger partial charge in [0.25, 0.3) is 0 Å². The van der Waals surface area contributed by atoms with Crippen LogP contribution in [-0.4, -0.2) is 5.11 Å². The molecule has 1 heterocycles. The Hall–Kier alpha value is -1.25. The highest BCUT2D eigenvalue weighted by molar-refractivity contribution is 5.24. The van der Waals surface area contributed by atoms with Crippen molar-refractivity contribution in [1.82, 2.24) is 0 Å². The standard InChI is InChI=1S/C9H12O3/c1-5(2)8-4-7(10)9(11)6(3)12-8/h4-5,11H,1-3H3. The Kier molecular flexibility index (Phi) is 2.22. The van der Waals surface area contributed by atoms with Crippen molar-refractivity contribution in [2.45, 2.75) is 26.7 Å². The highest BCUT2D eigenvalue weighted by atomic mass is 16.4. The lowest BCUT2D eigenvalue weighted by Gasteiger charge is -2.05. The lowest BCUT2D eigenvalue weighted by molar-refractivity contribution is 0.385. The first-order valence-corrected chi connectivity index (χ1v) is 3.86. The number of aromatic hydroxyl groups is 1. The third-order valence-corrected chi connectivity index (χ3v) is 1.68. The van der Waals surface area contributed by atoms with Gasteiger partial charge in [-0.2, -0.15) is 0 Å². The molecular formula is C9H12O3. The van der Waals surface area contributed by atoms with Crippen molar-refractivity contribution in [2.75, 3.05) is 0 Å². The van der Waals surface area contributed by atoms with E-state index in [2.05, 4.69) is 0 Å².